The highest BCUT2D eigenvalue weighted by molar-refractivity contribution is 5.92. The smallest absolute Gasteiger partial charge is 0.273 e. The van der Waals surface area contributed by atoms with E-state index >= 15 is 0 Å². The third kappa shape index (κ3) is 3.37. The Morgan fingerprint density at radius 3 is 2.85 bits per heavy atom. The molecule has 0 spiro atoms. The van der Waals surface area contributed by atoms with Gasteiger partial charge in [0.1, 0.15) is 5.76 Å². The summed E-state index contributed by atoms with van der Waals surface area (Å²) in [6.45, 7) is 2.09. The van der Waals surface area contributed by atoms with Crippen LogP contribution in [-0.2, 0) is 6.54 Å². The van der Waals surface area contributed by atoms with Crippen molar-refractivity contribution in [1.29, 1.82) is 0 Å². The van der Waals surface area contributed by atoms with E-state index in [1.165, 1.54) is 12.8 Å². The Balaban J connectivity index is 1.55. The van der Waals surface area contributed by atoms with E-state index in [1.807, 2.05) is 24.3 Å². The lowest BCUT2D eigenvalue weighted by molar-refractivity contribution is 0.0941. The van der Waals surface area contributed by atoms with Gasteiger partial charge in [0, 0.05) is 12.3 Å². The predicted molar refractivity (Wildman–Crippen MR) is 95.4 cm³/mol. The number of amides is 1. The molecule has 0 atom stereocenters. The highest BCUT2D eigenvalue weighted by Gasteiger charge is 2.22. The molecular formula is C19H21N5O2. The number of aryl methyl sites for hydroxylation is 1. The lowest BCUT2D eigenvalue weighted by atomic mass is 10.2. The average molecular weight is 351 g/mol. The number of aromatic nitrogens is 4. The topological polar surface area (TPSA) is 85.8 Å². The molecule has 26 heavy (non-hydrogen) atoms. The molecule has 3 heterocycles. The van der Waals surface area contributed by atoms with Gasteiger partial charge in [-0.25, -0.2) is 0 Å². The Kier molecular flexibility index (Phi) is 4.51. The van der Waals surface area contributed by atoms with Crippen molar-refractivity contribution in [3.63, 3.8) is 0 Å². The largest absolute Gasteiger partial charge is 0.361 e. The second-order valence-electron chi connectivity index (χ2n) is 6.62. The quantitative estimate of drug-likeness (QED) is 0.762. The van der Waals surface area contributed by atoms with Crippen molar-refractivity contribution < 1.29 is 9.32 Å². The molecule has 1 amide bonds. The van der Waals surface area contributed by atoms with Crippen molar-refractivity contribution in [2.45, 2.75) is 45.2 Å². The lowest BCUT2D eigenvalue weighted by Crippen LogP contribution is -2.23. The van der Waals surface area contributed by atoms with Gasteiger partial charge >= 0.3 is 0 Å². The molecule has 1 N–H and O–H groups in total. The molecule has 7 heteroatoms. The molecular weight excluding hydrogens is 330 g/mol. The maximum atomic E-state index is 12.2. The van der Waals surface area contributed by atoms with Gasteiger partial charge in [0.05, 0.1) is 29.7 Å². The lowest BCUT2D eigenvalue weighted by Gasteiger charge is -2.13. The van der Waals surface area contributed by atoms with Gasteiger partial charge in [0.15, 0.2) is 5.69 Å². The average Bonchev–Trinajstić information content (AvgIpc) is 3.40. The van der Waals surface area contributed by atoms with E-state index in [0.29, 0.717) is 18.3 Å². The van der Waals surface area contributed by atoms with E-state index in [0.717, 1.165) is 29.9 Å². The molecule has 1 saturated carbocycles. The van der Waals surface area contributed by atoms with Crippen LogP contribution in [0.4, 0.5) is 0 Å². The first-order valence-corrected chi connectivity index (χ1v) is 8.92. The molecule has 0 aliphatic heterocycles. The van der Waals surface area contributed by atoms with Crippen molar-refractivity contribution in [3.05, 3.63) is 53.7 Å². The fourth-order valence-corrected chi connectivity index (χ4v) is 3.40. The van der Waals surface area contributed by atoms with Gasteiger partial charge in [0.2, 0.25) is 0 Å². The van der Waals surface area contributed by atoms with E-state index in [-0.39, 0.29) is 11.6 Å². The summed E-state index contributed by atoms with van der Waals surface area (Å²) in [5.41, 5.74) is 2.99. The number of carbonyl (C=O) groups excluding carboxylic acids is 1. The second kappa shape index (κ2) is 7.11. The maximum Gasteiger partial charge on any atom is 0.273 e. The minimum Gasteiger partial charge on any atom is -0.361 e. The summed E-state index contributed by atoms with van der Waals surface area (Å²) >= 11 is 0. The first-order chi connectivity index (χ1) is 12.7. The Labute approximate surface area is 151 Å². The van der Waals surface area contributed by atoms with Gasteiger partial charge < -0.3 is 9.84 Å². The van der Waals surface area contributed by atoms with Crippen molar-refractivity contribution in [2.24, 2.45) is 0 Å². The van der Waals surface area contributed by atoms with Crippen LogP contribution in [-0.4, -0.2) is 25.8 Å². The third-order valence-corrected chi connectivity index (χ3v) is 4.67. The fourth-order valence-electron chi connectivity index (χ4n) is 3.40. The molecule has 1 fully saturated rings. The van der Waals surface area contributed by atoms with Gasteiger partial charge in [-0.15, -0.1) is 0 Å². The Morgan fingerprint density at radius 1 is 1.31 bits per heavy atom. The van der Waals surface area contributed by atoms with Crippen molar-refractivity contribution in [1.82, 2.24) is 25.2 Å². The molecule has 7 nitrogen and oxygen atoms in total. The van der Waals surface area contributed by atoms with E-state index in [2.05, 4.69) is 20.1 Å². The van der Waals surface area contributed by atoms with E-state index in [9.17, 15) is 4.79 Å². The van der Waals surface area contributed by atoms with Crippen LogP contribution in [0.15, 0.2) is 41.1 Å². The molecule has 1 aliphatic rings. The molecule has 0 bridgehead atoms. The van der Waals surface area contributed by atoms with Crippen LogP contribution >= 0.6 is 0 Å². The summed E-state index contributed by atoms with van der Waals surface area (Å²) in [7, 11) is 0. The van der Waals surface area contributed by atoms with E-state index in [4.69, 9.17) is 9.62 Å². The van der Waals surface area contributed by atoms with Gasteiger partial charge in [-0.05, 0) is 38.0 Å². The monoisotopic (exact) mass is 351 g/mol. The minimum absolute atomic E-state index is 0.267. The van der Waals surface area contributed by atoms with Crippen LogP contribution in [0.1, 0.15) is 53.7 Å². The van der Waals surface area contributed by atoms with Crippen LogP contribution in [0.5, 0.6) is 0 Å². The van der Waals surface area contributed by atoms with Crippen molar-refractivity contribution >= 4 is 5.91 Å². The summed E-state index contributed by atoms with van der Waals surface area (Å²) in [5, 5.41) is 11.3. The van der Waals surface area contributed by atoms with Crippen molar-refractivity contribution in [3.8, 4) is 11.4 Å². The van der Waals surface area contributed by atoms with Gasteiger partial charge in [-0.3, -0.25) is 14.5 Å². The number of nitrogens with zero attached hydrogens (tertiary/aromatic N) is 4. The standard InChI is InChI=1S/C19H21N5O2/c1-13-10-17(23-26-13)19(25)21-12-14-11-18(16-8-4-5-9-20-16)24(22-14)15-6-2-3-7-15/h4-5,8-11,15H,2-3,6-7,12H2,1H3,(H,21,25). The highest BCUT2D eigenvalue weighted by atomic mass is 16.5. The number of rotatable bonds is 5. The zero-order chi connectivity index (χ0) is 17.9. The van der Waals surface area contributed by atoms with E-state index < -0.39 is 0 Å². The fraction of sp³-hybridized carbons (Fsp3) is 0.368. The van der Waals surface area contributed by atoms with Crippen LogP contribution in [0.25, 0.3) is 11.4 Å². The molecule has 0 radical (unpaired) electrons. The molecule has 0 unspecified atom stereocenters. The summed E-state index contributed by atoms with van der Waals surface area (Å²) in [6.07, 6.45) is 6.50. The summed E-state index contributed by atoms with van der Waals surface area (Å²) in [6, 6.07) is 9.89. The Hall–Kier alpha value is -2.96. The summed E-state index contributed by atoms with van der Waals surface area (Å²) in [4.78, 5) is 16.6. The van der Waals surface area contributed by atoms with Gasteiger partial charge in [-0.2, -0.15) is 5.10 Å². The van der Waals surface area contributed by atoms with E-state index in [1.54, 1.807) is 19.2 Å². The zero-order valence-electron chi connectivity index (χ0n) is 14.7. The van der Waals surface area contributed by atoms with Crippen molar-refractivity contribution in [2.75, 3.05) is 0 Å². The Morgan fingerprint density at radius 2 is 2.15 bits per heavy atom. The molecule has 0 saturated heterocycles. The number of pyridine rings is 1. The van der Waals surface area contributed by atoms with Crippen LogP contribution < -0.4 is 5.32 Å². The number of hydrogen-bond donors (Lipinski definition) is 1. The summed E-state index contributed by atoms with van der Waals surface area (Å²) < 4.78 is 7.03. The summed E-state index contributed by atoms with van der Waals surface area (Å²) in [5.74, 6) is 0.342. The molecule has 4 rings (SSSR count). The predicted octanol–water partition coefficient (Wildman–Crippen LogP) is 3.29. The van der Waals surface area contributed by atoms with Crippen LogP contribution in [0.3, 0.4) is 0 Å². The van der Waals surface area contributed by atoms with Gasteiger partial charge in [0.25, 0.3) is 5.91 Å². The van der Waals surface area contributed by atoms with Gasteiger partial charge in [-0.1, -0.05) is 24.1 Å². The number of nitrogens with one attached hydrogen (secondary N) is 1. The number of carbonyl (C=O) groups is 1. The molecule has 3 aromatic rings. The minimum atomic E-state index is -0.267. The van der Waals surface area contributed by atoms with Crippen LogP contribution in [0, 0.1) is 6.92 Å². The third-order valence-electron chi connectivity index (χ3n) is 4.67. The highest BCUT2D eigenvalue weighted by Crippen LogP contribution is 2.33. The maximum absolute atomic E-state index is 12.2. The molecule has 1 aliphatic carbocycles. The molecule has 3 aromatic heterocycles. The second-order valence-corrected chi connectivity index (χ2v) is 6.62. The number of hydrogen-bond acceptors (Lipinski definition) is 5. The molecule has 0 aromatic carbocycles. The normalized spacial score (nSPS) is 14.7. The first kappa shape index (κ1) is 16.5. The SMILES string of the molecule is Cc1cc(C(=O)NCc2cc(-c3ccccn3)n(C3CCCC3)n2)no1. The zero-order valence-corrected chi connectivity index (χ0v) is 14.7. The first-order valence-electron chi connectivity index (χ1n) is 8.92. The molecule has 134 valence electrons. The Bertz CT molecular complexity index is 894. The van der Waals surface area contributed by atoms with Crippen LogP contribution in [0.2, 0.25) is 0 Å².